The van der Waals surface area contributed by atoms with Gasteiger partial charge in [-0.15, -0.1) is 0 Å². The number of rotatable bonds is 11. The second kappa shape index (κ2) is 10.6. The number of ether oxygens (including phenoxy) is 1. The van der Waals surface area contributed by atoms with Gasteiger partial charge >= 0.3 is 7.12 Å². The molecule has 21 heavy (non-hydrogen) atoms. The SMILES string of the molecule is CCCCCCCCCCOc1cc(F)cc(B(O)O)c1. The largest absolute Gasteiger partial charge is 0.494 e. The molecule has 0 unspecified atom stereocenters. The van der Waals surface area contributed by atoms with Crippen molar-refractivity contribution < 1.29 is 19.2 Å². The number of hydrogen-bond acceptors (Lipinski definition) is 3. The Balaban J connectivity index is 2.15. The van der Waals surface area contributed by atoms with Crippen LogP contribution < -0.4 is 10.2 Å². The molecular formula is C16H26BFO3. The van der Waals surface area contributed by atoms with E-state index in [4.69, 9.17) is 14.8 Å². The van der Waals surface area contributed by atoms with Gasteiger partial charge in [0.05, 0.1) is 6.61 Å². The fourth-order valence-electron chi connectivity index (χ4n) is 2.24. The summed E-state index contributed by atoms with van der Waals surface area (Å²) in [6.45, 7) is 2.74. The Labute approximate surface area is 127 Å². The van der Waals surface area contributed by atoms with Crippen LogP contribution in [-0.2, 0) is 0 Å². The molecule has 0 radical (unpaired) electrons. The molecule has 0 bridgehead atoms. The maximum absolute atomic E-state index is 13.3. The third-order valence-corrected chi connectivity index (χ3v) is 3.46. The van der Waals surface area contributed by atoms with Crippen LogP contribution in [0.1, 0.15) is 58.3 Å². The molecule has 0 aromatic heterocycles. The fourth-order valence-corrected chi connectivity index (χ4v) is 2.24. The molecule has 1 aromatic carbocycles. The Morgan fingerprint density at radius 1 is 0.952 bits per heavy atom. The average molecular weight is 296 g/mol. The Hall–Kier alpha value is -1.07. The van der Waals surface area contributed by atoms with Crippen molar-refractivity contribution in [3.05, 3.63) is 24.0 Å². The summed E-state index contributed by atoms with van der Waals surface area (Å²) >= 11 is 0. The standard InChI is InChI=1S/C16H26BFO3/c1-2-3-4-5-6-7-8-9-10-21-16-12-14(17(19)20)11-15(18)13-16/h11-13,19-20H,2-10H2,1H3. The molecule has 0 aliphatic heterocycles. The normalized spacial score (nSPS) is 10.7. The van der Waals surface area contributed by atoms with Gasteiger partial charge in [0.2, 0.25) is 0 Å². The van der Waals surface area contributed by atoms with Gasteiger partial charge in [0.25, 0.3) is 0 Å². The first kappa shape index (κ1) is 18.0. The summed E-state index contributed by atoms with van der Waals surface area (Å²) in [5, 5.41) is 18.1. The number of halogens is 1. The summed E-state index contributed by atoms with van der Waals surface area (Å²) in [7, 11) is -1.67. The monoisotopic (exact) mass is 296 g/mol. The van der Waals surface area contributed by atoms with Gasteiger partial charge in [-0.3, -0.25) is 0 Å². The Morgan fingerprint density at radius 2 is 1.57 bits per heavy atom. The van der Waals surface area contributed by atoms with E-state index in [1.54, 1.807) is 0 Å². The van der Waals surface area contributed by atoms with E-state index in [-0.39, 0.29) is 5.46 Å². The molecule has 0 heterocycles. The van der Waals surface area contributed by atoms with Crippen molar-refractivity contribution in [2.75, 3.05) is 6.61 Å². The highest BCUT2D eigenvalue weighted by molar-refractivity contribution is 6.58. The number of hydrogen-bond donors (Lipinski definition) is 2. The van der Waals surface area contributed by atoms with Crippen LogP contribution in [0, 0.1) is 5.82 Å². The average Bonchev–Trinajstić information content (AvgIpc) is 2.45. The Bertz CT molecular complexity index is 399. The highest BCUT2D eigenvalue weighted by Gasteiger charge is 2.13. The van der Waals surface area contributed by atoms with Gasteiger partial charge in [-0.2, -0.15) is 0 Å². The van der Waals surface area contributed by atoms with Crippen LogP contribution in [0.4, 0.5) is 4.39 Å². The lowest BCUT2D eigenvalue weighted by Gasteiger charge is -2.08. The van der Waals surface area contributed by atoms with E-state index < -0.39 is 12.9 Å². The van der Waals surface area contributed by atoms with E-state index in [0.29, 0.717) is 12.4 Å². The molecule has 0 atom stereocenters. The molecule has 118 valence electrons. The Morgan fingerprint density at radius 3 is 2.19 bits per heavy atom. The van der Waals surface area contributed by atoms with Crippen molar-refractivity contribution in [1.82, 2.24) is 0 Å². The number of unbranched alkanes of at least 4 members (excludes halogenated alkanes) is 7. The van der Waals surface area contributed by atoms with Crippen LogP contribution in [0.25, 0.3) is 0 Å². The van der Waals surface area contributed by atoms with E-state index in [0.717, 1.165) is 18.9 Å². The van der Waals surface area contributed by atoms with Gasteiger partial charge in [-0.25, -0.2) is 4.39 Å². The van der Waals surface area contributed by atoms with Crippen molar-refractivity contribution in [1.29, 1.82) is 0 Å². The van der Waals surface area contributed by atoms with E-state index in [1.807, 2.05) is 0 Å². The van der Waals surface area contributed by atoms with Crippen molar-refractivity contribution >= 4 is 12.6 Å². The zero-order chi connectivity index (χ0) is 15.5. The zero-order valence-corrected chi connectivity index (χ0v) is 12.9. The lowest BCUT2D eigenvalue weighted by Crippen LogP contribution is -2.30. The van der Waals surface area contributed by atoms with Crippen LogP contribution in [0.2, 0.25) is 0 Å². The summed E-state index contributed by atoms with van der Waals surface area (Å²) < 4.78 is 18.7. The molecule has 0 aliphatic rings. The molecule has 0 amide bonds. The molecule has 1 aromatic rings. The molecule has 0 aliphatic carbocycles. The van der Waals surface area contributed by atoms with Gasteiger partial charge in [0.15, 0.2) is 0 Å². The van der Waals surface area contributed by atoms with Crippen LogP contribution in [-0.4, -0.2) is 23.8 Å². The second-order valence-electron chi connectivity index (χ2n) is 5.42. The van der Waals surface area contributed by atoms with Crippen molar-refractivity contribution in [2.24, 2.45) is 0 Å². The topological polar surface area (TPSA) is 49.7 Å². The van der Waals surface area contributed by atoms with Gasteiger partial charge in [-0.05, 0) is 24.0 Å². The van der Waals surface area contributed by atoms with E-state index in [9.17, 15) is 4.39 Å². The third-order valence-electron chi connectivity index (χ3n) is 3.46. The van der Waals surface area contributed by atoms with E-state index >= 15 is 0 Å². The molecule has 0 saturated heterocycles. The third kappa shape index (κ3) is 8.07. The molecule has 0 spiro atoms. The van der Waals surface area contributed by atoms with Crippen LogP contribution in [0.3, 0.4) is 0 Å². The zero-order valence-electron chi connectivity index (χ0n) is 12.9. The summed E-state index contributed by atoms with van der Waals surface area (Å²) in [6, 6.07) is 3.81. The van der Waals surface area contributed by atoms with Gasteiger partial charge in [0, 0.05) is 6.07 Å². The minimum atomic E-state index is -1.67. The van der Waals surface area contributed by atoms with E-state index in [1.165, 1.54) is 50.7 Å². The molecule has 1 rings (SSSR count). The van der Waals surface area contributed by atoms with E-state index in [2.05, 4.69) is 6.92 Å². The highest BCUT2D eigenvalue weighted by Crippen LogP contribution is 2.13. The lowest BCUT2D eigenvalue weighted by atomic mass is 9.80. The minimum Gasteiger partial charge on any atom is -0.494 e. The first-order chi connectivity index (χ1) is 10.1. The molecule has 0 saturated carbocycles. The van der Waals surface area contributed by atoms with Crippen molar-refractivity contribution in [3.63, 3.8) is 0 Å². The fraction of sp³-hybridized carbons (Fsp3) is 0.625. The van der Waals surface area contributed by atoms with Gasteiger partial charge in [0.1, 0.15) is 11.6 Å². The van der Waals surface area contributed by atoms with Crippen LogP contribution in [0.5, 0.6) is 5.75 Å². The van der Waals surface area contributed by atoms with Crippen molar-refractivity contribution in [3.8, 4) is 5.75 Å². The van der Waals surface area contributed by atoms with Crippen molar-refractivity contribution in [2.45, 2.75) is 58.3 Å². The predicted molar refractivity (Wildman–Crippen MR) is 84.3 cm³/mol. The second-order valence-corrected chi connectivity index (χ2v) is 5.42. The quantitative estimate of drug-likeness (QED) is 0.487. The summed E-state index contributed by atoms with van der Waals surface area (Å²) in [5.74, 6) is -0.174. The minimum absolute atomic E-state index is 0.112. The lowest BCUT2D eigenvalue weighted by molar-refractivity contribution is 0.303. The number of benzene rings is 1. The molecule has 5 heteroatoms. The maximum Gasteiger partial charge on any atom is 0.488 e. The first-order valence-corrected chi connectivity index (χ1v) is 7.93. The summed E-state index contributed by atoms with van der Waals surface area (Å²) in [5.41, 5.74) is 0.112. The molecule has 0 fully saturated rings. The first-order valence-electron chi connectivity index (χ1n) is 7.93. The Kier molecular flexibility index (Phi) is 9.11. The van der Waals surface area contributed by atoms with Gasteiger partial charge < -0.3 is 14.8 Å². The highest BCUT2D eigenvalue weighted by atomic mass is 19.1. The molecule has 3 nitrogen and oxygen atoms in total. The predicted octanol–water partition coefficient (Wildman–Crippen LogP) is 3.03. The van der Waals surface area contributed by atoms with Crippen LogP contribution in [0.15, 0.2) is 18.2 Å². The molecular weight excluding hydrogens is 270 g/mol. The smallest absolute Gasteiger partial charge is 0.488 e. The maximum atomic E-state index is 13.3. The van der Waals surface area contributed by atoms with Gasteiger partial charge in [-0.1, -0.05) is 51.9 Å². The summed E-state index contributed by atoms with van der Waals surface area (Å²) in [4.78, 5) is 0. The van der Waals surface area contributed by atoms with Crippen LogP contribution >= 0.6 is 0 Å². The molecule has 2 N–H and O–H groups in total. The summed E-state index contributed by atoms with van der Waals surface area (Å²) in [6.07, 6.45) is 9.72.